The fraction of sp³-hybridized carbons (Fsp3) is 0.611. The zero-order valence-corrected chi connectivity index (χ0v) is 13.8. The van der Waals surface area contributed by atoms with E-state index in [0.29, 0.717) is 5.69 Å². The van der Waals surface area contributed by atoms with E-state index < -0.39 is 12.1 Å². The lowest BCUT2D eigenvalue weighted by Crippen LogP contribution is -2.43. The first-order valence-corrected chi connectivity index (χ1v) is 8.38. The molecule has 0 unspecified atom stereocenters. The number of rotatable bonds is 10. The molecule has 0 bridgehead atoms. The molecule has 1 aromatic rings. The third-order valence-corrected chi connectivity index (χ3v) is 3.86. The lowest BCUT2D eigenvalue weighted by atomic mass is 10.0. The Hall–Kier alpha value is -1.39. The molecule has 4 N–H and O–H groups in total. The van der Waals surface area contributed by atoms with Gasteiger partial charge in [-0.1, -0.05) is 51.2 Å². The first-order valence-electron chi connectivity index (χ1n) is 8.38. The predicted octanol–water partition coefficient (Wildman–Crippen LogP) is 3.24. The van der Waals surface area contributed by atoms with E-state index in [0.717, 1.165) is 6.42 Å². The number of hydrogen-bond donors (Lipinski definition) is 3. The van der Waals surface area contributed by atoms with Gasteiger partial charge in [-0.2, -0.15) is 0 Å². The summed E-state index contributed by atoms with van der Waals surface area (Å²) < 4.78 is 0. The summed E-state index contributed by atoms with van der Waals surface area (Å²) in [6.45, 7) is 3.74. The molecule has 4 nitrogen and oxygen atoms in total. The molecular weight excluding hydrogens is 276 g/mol. The summed E-state index contributed by atoms with van der Waals surface area (Å²) in [5, 5.41) is 12.0. The normalized spacial score (nSPS) is 13.6. The molecule has 1 amide bonds. The summed E-state index contributed by atoms with van der Waals surface area (Å²) in [5.41, 5.74) is 7.59. The molecule has 0 heterocycles. The van der Waals surface area contributed by atoms with Crippen LogP contribution in [-0.2, 0) is 11.2 Å². The summed E-state index contributed by atoms with van der Waals surface area (Å²) in [6.07, 6.45) is 7.99. The third kappa shape index (κ3) is 7.05. The Morgan fingerprint density at radius 1 is 1.14 bits per heavy atom. The van der Waals surface area contributed by atoms with E-state index in [1.807, 2.05) is 24.3 Å². The van der Waals surface area contributed by atoms with Crippen LogP contribution in [0.4, 0.5) is 5.69 Å². The van der Waals surface area contributed by atoms with Gasteiger partial charge in [0.2, 0.25) is 5.91 Å². The third-order valence-electron chi connectivity index (χ3n) is 3.86. The summed E-state index contributed by atoms with van der Waals surface area (Å²) in [6, 6.07) is 6.95. The molecule has 22 heavy (non-hydrogen) atoms. The number of nitrogens with one attached hydrogen (secondary N) is 1. The van der Waals surface area contributed by atoms with Gasteiger partial charge in [0.05, 0.1) is 6.10 Å². The second-order valence-corrected chi connectivity index (χ2v) is 5.97. The Bertz CT molecular complexity index is 429. The van der Waals surface area contributed by atoms with Gasteiger partial charge in [-0.05, 0) is 37.5 Å². The number of carbonyl (C=O) groups is 1. The van der Waals surface area contributed by atoms with Crippen LogP contribution in [0.5, 0.6) is 0 Å². The summed E-state index contributed by atoms with van der Waals surface area (Å²) in [4.78, 5) is 11.7. The van der Waals surface area contributed by atoms with Gasteiger partial charge in [0, 0.05) is 5.69 Å². The molecule has 0 aliphatic rings. The molecule has 1 rings (SSSR count). The minimum absolute atomic E-state index is 0.362. The molecule has 0 saturated carbocycles. The van der Waals surface area contributed by atoms with Crippen molar-refractivity contribution in [2.45, 2.75) is 70.9 Å². The highest BCUT2D eigenvalue weighted by Gasteiger charge is 2.18. The number of anilines is 1. The van der Waals surface area contributed by atoms with Crippen molar-refractivity contribution in [2.24, 2.45) is 5.73 Å². The molecule has 0 spiro atoms. The van der Waals surface area contributed by atoms with E-state index in [1.54, 1.807) is 0 Å². The average Bonchev–Trinajstić information content (AvgIpc) is 2.51. The van der Waals surface area contributed by atoms with Crippen molar-refractivity contribution in [1.29, 1.82) is 0 Å². The van der Waals surface area contributed by atoms with Crippen molar-refractivity contribution < 1.29 is 9.90 Å². The van der Waals surface area contributed by atoms with E-state index in [2.05, 4.69) is 12.2 Å². The zero-order chi connectivity index (χ0) is 16.4. The van der Waals surface area contributed by atoms with Gasteiger partial charge >= 0.3 is 0 Å². The Labute approximate surface area is 134 Å². The monoisotopic (exact) mass is 306 g/mol. The van der Waals surface area contributed by atoms with Crippen molar-refractivity contribution in [3.05, 3.63) is 29.8 Å². The Kier molecular flexibility index (Phi) is 8.78. The molecular formula is C18H30N2O2. The van der Waals surface area contributed by atoms with Gasteiger partial charge in [0.25, 0.3) is 0 Å². The number of aliphatic hydroxyl groups is 1. The smallest absolute Gasteiger partial charge is 0.243 e. The minimum Gasteiger partial charge on any atom is -0.391 e. The number of nitrogens with two attached hydrogens (primary N) is 1. The van der Waals surface area contributed by atoms with Gasteiger partial charge < -0.3 is 16.2 Å². The second kappa shape index (κ2) is 10.4. The molecule has 0 aliphatic carbocycles. The number of amides is 1. The molecule has 4 heteroatoms. The number of unbranched alkanes of at least 4 members (excludes halogenated alkanes) is 5. The van der Waals surface area contributed by atoms with Crippen LogP contribution >= 0.6 is 0 Å². The van der Waals surface area contributed by atoms with E-state index in [9.17, 15) is 9.90 Å². The quantitative estimate of drug-likeness (QED) is 0.581. The lowest BCUT2D eigenvalue weighted by molar-refractivity contribution is -0.119. The lowest BCUT2D eigenvalue weighted by Gasteiger charge is -2.14. The zero-order valence-electron chi connectivity index (χ0n) is 13.8. The van der Waals surface area contributed by atoms with Gasteiger partial charge in [-0.25, -0.2) is 0 Å². The number of carbonyl (C=O) groups excluding carboxylic acids is 1. The molecule has 0 radical (unpaired) electrons. The van der Waals surface area contributed by atoms with Crippen molar-refractivity contribution >= 4 is 11.6 Å². The number of aliphatic hydroxyl groups excluding tert-OH is 1. The van der Waals surface area contributed by atoms with Crippen LogP contribution < -0.4 is 11.1 Å². The fourth-order valence-corrected chi connectivity index (χ4v) is 2.31. The molecule has 0 aliphatic heterocycles. The number of benzene rings is 1. The van der Waals surface area contributed by atoms with Crippen LogP contribution in [0, 0.1) is 0 Å². The fourth-order valence-electron chi connectivity index (χ4n) is 2.31. The molecule has 1 aromatic carbocycles. The Balaban J connectivity index is 2.32. The van der Waals surface area contributed by atoms with Crippen molar-refractivity contribution in [3.8, 4) is 0 Å². The first kappa shape index (κ1) is 18.7. The van der Waals surface area contributed by atoms with Crippen LogP contribution in [0.3, 0.4) is 0 Å². The average molecular weight is 306 g/mol. The van der Waals surface area contributed by atoms with Gasteiger partial charge in [0.15, 0.2) is 0 Å². The largest absolute Gasteiger partial charge is 0.391 e. The Morgan fingerprint density at radius 3 is 2.32 bits per heavy atom. The van der Waals surface area contributed by atoms with E-state index in [4.69, 9.17) is 5.73 Å². The molecule has 0 saturated heterocycles. The van der Waals surface area contributed by atoms with Crippen LogP contribution in [0.15, 0.2) is 24.3 Å². The van der Waals surface area contributed by atoms with E-state index in [-0.39, 0.29) is 5.91 Å². The van der Waals surface area contributed by atoms with Gasteiger partial charge in [0.1, 0.15) is 6.04 Å². The molecule has 0 fully saturated rings. The minimum atomic E-state index is -0.900. The number of aryl methyl sites for hydroxylation is 1. The maximum Gasteiger partial charge on any atom is 0.243 e. The molecule has 2 atom stereocenters. The van der Waals surface area contributed by atoms with Gasteiger partial charge in [-0.3, -0.25) is 4.79 Å². The van der Waals surface area contributed by atoms with Crippen molar-refractivity contribution in [3.63, 3.8) is 0 Å². The first-order chi connectivity index (χ1) is 10.5. The summed E-state index contributed by atoms with van der Waals surface area (Å²) >= 11 is 0. The number of hydrogen-bond acceptors (Lipinski definition) is 3. The summed E-state index contributed by atoms with van der Waals surface area (Å²) in [7, 11) is 0. The van der Waals surface area contributed by atoms with Crippen molar-refractivity contribution in [1.82, 2.24) is 0 Å². The Morgan fingerprint density at radius 2 is 1.73 bits per heavy atom. The topological polar surface area (TPSA) is 75.4 Å². The van der Waals surface area contributed by atoms with E-state index in [1.165, 1.54) is 51.0 Å². The van der Waals surface area contributed by atoms with Crippen LogP contribution in [0.25, 0.3) is 0 Å². The van der Waals surface area contributed by atoms with Gasteiger partial charge in [-0.15, -0.1) is 0 Å². The maximum absolute atomic E-state index is 11.7. The SMILES string of the molecule is CCCCCCCCc1ccc(NC(=O)[C@@H](N)[C@@H](C)O)cc1. The maximum atomic E-state index is 11.7. The van der Waals surface area contributed by atoms with Crippen LogP contribution in [-0.4, -0.2) is 23.2 Å². The van der Waals surface area contributed by atoms with E-state index >= 15 is 0 Å². The summed E-state index contributed by atoms with van der Waals surface area (Å²) in [5.74, 6) is -0.362. The highest BCUT2D eigenvalue weighted by molar-refractivity contribution is 5.95. The van der Waals surface area contributed by atoms with Crippen LogP contribution in [0.1, 0.15) is 57.9 Å². The highest BCUT2D eigenvalue weighted by Crippen LogP contribution is 2.14. The molecule has 0 aromatic heterocycles. The standard InChI is InChI=1S/C18H30N2O2/c1-3-4-5-6-7-8-9-15-10-12-16(13-11-15)20-18(22)17(19)14(2)21/h10-14,17,21H,3-9,19H2,1-2H3,(H,20,22)/t14-,17+/m1/s1. The van der Waals surface area contributed by atoms with Crippen molar-refractivity contribution in [2.75, 3.05) is 5.32 Å². The predicted molar refractivity (Wildman–Crippen MR) is 91.8 cm³/mol. The second-order valence-electron chi connectivity index (χ2n) is 5.97. The highest BCUT2D eigenvalue weighted by atomic mass is 16.3. The van der Waals surface area contributed by atoms with Crippen LogP contribution in [0.2, 0.25) is 0 Å². The molecule has 124 valence electrons.